The SMILES string of the molecule is [Mn].[SiH3][Fe][SiH3]. The number of hydrogen-bond acceptors (Lipinski definition) is 0. The maximum absolute atomic E-state index is 1.53. The Bertz CT molecular complexity index is 6.00. The van der Waals surface area contributed by atoms with Crippen LogP contribution in [0.3, 0.4) is 0 Å². The van der Waals surface area contributed by atoms with Crippen molar-refractivity contribution in [1.29, 1.82) is 0 Å². The Morgan fingerprint density at radius 2 is 1.25 bits per heavy atom. The zero-order valence-electron chi connectivity index (χ0n) is 2.73. The summed E-state index contributed by atoms with van der Waals surface area (Å²) in [6, 6.07) is 0. The zero-order valence-corrected chi connectivity index (χ0v) is 9.02. The van der Waals surface area contributed by atoms with E-state index in [1.807, 2.05) is 0 Å². The van der Waals surface area contributed by atoms with E-state index in [9.17, 15) is 0 Å². The molecule has 0 atom stereocenters. The van der Waals surface area contributed by atoms with Gasteiger partial charge in [-0.15, -0.1) is 0 Å². The Hall–Kier alpha value is 1.47. The third-order valence-electron chi connectivity index (χ3n) is 0. The van der Waals surface area contributed by atoms with Crippen molar-refractivity contribution >= 4 is 17.7 Å². The van der Waals surface area contributed by atoms with Crippen molar-refractivity contribution in [3.63, 3.8) is 0 Å². The summed E-state index contributed by atoms with van der Waals surface area (Å²) in [6.07, 6.45) is 0. The van der Waals surface area contributed by atoms with Crippen molar-refractivity contribution in [1.82, 2.24) is 0 Å². The summed E-state index contributed by atoms with van der Waals surface area (Å²) in [4.78, 5) is 0. The average molecular weight is 173 g/mol. The van der Waals surface area contributed by atoms with Gasteiger partial charge in [0.15, 0.2) is 0 Å². The first-order valence-corrected chi connectivity index (χ1v) is 8.75. The van der Waals surface area contributed by atoms with Crippen LogP contribution in [0.1, 0.15) is 0 Å². The van der Waals surface area contributed by atoms with E-state index in [1.165, 1.54) is 31.4 Å². The summed E-state index contributed by atoms with van der Waals surface area (Å²) in [5.74, 6) is 0. The van der Waals surface area contributed by atoms with Gasteiger partial charge in [-0.25, -0.2) is 0 Å². The van der Waals surface area contributed by atoms with Crippen LogP contribution >= 0.6 is 0 Å². The molecule has 0 aromatic carbocycles. The molecule has 0 nitrogen and oxygen atoms in total. The Morgan fingerprint density at radius 3 is 1.25 bits per heavy atom. The summed E-state index contributed by atoms with van der Waals surface area (Å²) in [5.41, 5.74) is 0. The van der Waals surface area contributed by atoms with E-state index in [0.29, 0.717) is 0 Å². The molecule has 0 saturated carbocycles. The van der Waals surface area contributed by atoms with Gasteiger partial charge in [0.1, 0.15) is 0 Å². The van der Waals surface area contributed by atoms with Crippen LogP contribution in [-0.4, -0.2) is 17.7 Å². The fraction of sp³-hybridized carbons (Fsp3) is 0. The molecular formula is H6FeMnSi2. The normalized spacial score (nSPS) is 7.00. The van der Waals surface area contributed by atoms with Crippen LogP contribution in [-0.2, 0) is 30.7 Å². The van der Waals surface area contributed by atoms with Gasteiger partial charge in [0, 0.05) is 17.1 Å². The van der Waals surface area contributed by atoms with Gasteiger partial charge in [-0.2, -0.15) is 0 Å². The third-order valence-corrected chi connectivity index (χ3v) is 0. The van der Waals surface area contributed by atoms with Gasteiger partial charge in [-0.05, 0) is 0 Å². The molecule has 4 heavy (non-hydrogen) atoms. The van der Waals surface area contributed by atoms with E-state index in [4.69, 9.17) is 0 Å². The fourth-order valence-electron chi connectivity index (χ4n) is 0. The second-order valence-electron chi connectivity index (χ2n) is 0.354. The molecule has 0 aliphatic carbocycles. The minimum absolute atomic E-state index is 0. The maximum atomic E-state index is 1.53. The van der Waals surface area contributed by atoms with Gasteiger partial charge in [0.25, 0.3) is 0 Å². The Kier molecular flexibility index (Phi) is 20.0. The van der Waals surface area contributed by atoms with E-state index in [-0.39, 0.29) is 17.1 Å². The summed E-state index contributed by atoms with van der Waals surface area (Å²) < 4.78 is 0. The van der Waals surface area contributed by atoms with Gasteiger partial charge < -0.3 is 0 Å². The molecule has 0 amide bonds. The molecule has 1 radical (unpaired) electrons. The first kappa shape index (κ1) is 9.08. The first-order chi connectivity index (χ1) is 1.41. The topological polar surface area (TPSA) is 0 Å². The Morgan fingerprint density at radius 1 is 1.25 bits per heavy atom. The second-order valence-corrected chi connectivity index (χ2v) is 13.1. The van der Waals surface area contributed by atoms with Crippen LogP contribution in [0.5, 0.6) is 0 Å². The van der Waals surface area contributed by atoms with Crippen LogP contribution in [0, 0.1) is 0 Å². The second kappa shape index (κ2) is 8.82. The van der Waals surface area contributed by atoms with Crippen LogP contribution in [0.25, 0.3) is 0 Å². The first-order valence-electron chi connectivity index (χ1n) is 0.707. The summed E-state index contributed by atoms with van der Waals surface area (Å²) in [5, 5.41) is 0. The summed E-state index contributed by atoms with van der Waals surface area (Å²) in [7, 11) is 2.86. The minimum atomic E-state index is 0. The van der Waals surface area contributed by atoms with E-state index in [2.05, 4.69) is 0 Å². The molecule has 0 spiro atoms. The van der Waals surface area contributed by atoms with Gasteiger partial charge in [0.2, 0.25) is 0 Å². The van der Waals surface area contributed by atoms with Crippen LogP contribution in [0.2, 0.25) is 0 Å². The van der Waals surface area contributed by atoms with E-state index in [1.54, 1.807) is 0 Å². The monoisotopic (exact) mass is 173 g/mol. The molecule has 0 heterocycles. The Balaban J connectivity index is 0. The van der Waals surface area contributed by atoms with Crippen LogP contribution in [0.15, 0.2) is 0 Å². The Labute approximate surface area is 48.5 Å². The molecule has 0 aromatic rings. The third kappa shape index (κ3) is 9.79. The van der Waals surface area contributed by atoms with Crippen LogP contribution < -0.4 is 0 Å². The van der Waals surface area contributed by atoms with Gasteiger partial charge in [-0.1, -0.05) is 0 Å². The molecule has 0 aliphatic heterocycles. The molecule has 4 heteroatoms. The van der Waals surface area contributed by atoms with E-state index in [0.717, 1.165) is 0 Å². The number of rotatable bonds is 0. The molecule has 0 aliphatic rings. The summed E-state index contributed by atoms with van der Waals surface area (Å²) >= 11 is 1.53. The van der Waals surface area contributed by atoms with Crippen molar-refractivity contribution in [2.24, 2.45) is 0 Å². The predicted molar refractivity (Wildman–Crippen MR) is 19.9 cm³/mol. The van der Waals surface area contributed by atoms with Gasteiger partial charge >= 0.3 is 31.4 Å². The van der Waals surface area contributed by atoms with E-state index < -0.39 is 0 Å². The molecule has 0 rings (SSSR count). The van der Waals surface area contributed by atoms with Crippen molar-refractivity contribution in [2.75, 3.05) is 0 Å². The van der Waals surface area contributed by atoms with Crippen LogP contribution in [0.4, 0.5) is 0 Å². The standard InChI is InChI=1S/Fe.Mn.2H3Si/h;;2*1H3. The molecular weight excluding hydrogens is 167 g/mol. The zero-order chi connectivity index (χ0) is 2.71. The molecule has 0 fully saturated rings. The summed E-state index contributed by atoms with van der Waals surface area (Å²) in [6.45, 7) is 0. The molecule has 29 valence electrons. The van der Waals surface area contributed by atoms with E-state index >= 15 is 0 Å². The van der Waals surface area contributed by atoms with Crippen molar-refractivity contribution in [3.8, 4) is 0 Å². The number of hydrogen-bond donors (Lipinski definition) is 0. The fourth-order valence-corrected chi connectivity index (χ4v) is 0. The predicted octanol–water partition coefficient (Wildman–Crippen LogP) is -2.37. The molecule has 0 saturated heterocycles. The van der Waals surface area contributed by atoms with Crippen molar-refractivity contribution in [2.45, 2.75) is 0 Å². The molecule has 0 aromatic heterocycles. The van der Waals surface area contributed by atoms with Crippen molar-refractivity contribution < 1.29 is 30.7 Å². The van der Waals surface area contributed by atoms with Gasteiger partial charge in [-0.3, -0.25) is 0 Å². The quantitative estimate of drug-likeness (QED) is 0.359. The van der Waals surface area contributed by atoms with Crippen molar-refractivity contribution in [3.05, 3.63) is 0 Å². The molecule has 0 unspecified atom stereocenters. The van der Waals surface area contributed by atoms with Gasteiger partial charge in [0.05, 0.1) is 0 Å². The average Bonchev–Trinajstić information content (AvgIpc) is 0.918. The molecule has 0 N–H and O–H groups in total. The molecule has 0 bridgehead atoms.